The third kappa shape index (κ3) is 2.99. The summed E-state index contributed by atoms with van der Waals surface area (Å²) in [6.07, 6.45) is 2.12. The fourth-order valence-electron chi connectivity index (χ4n) is 2.02. The quantitative estimate of drug-likeness (QED) is 0.765. The van der Waals surface area contributed by atoms with Gasteiger partial charge in [0.25, 0.3) is 0 Å². The topological polar surface area (TPSA) is 40.7 Å². The van der Waals surface area contributed by atoms with Crippen molar-refractivity contribution in [2.24, 2.45) is 0 Å². The second kappa shape index (κ2) is 6.36. The largest absolute Gasteiger partial charge is 0.344 e. The van der Waals surface area contributed by atoms with Crippen LogP contribution in [0.4, 0.5) is 0 Å². The molecule has 0 fully saturated rings. The molecule has 0 aliphatic rings. The highest BCUT2D eigenvalue weighted by Gasteiger charge is 2.09. The number of benzene rings is 1. The lowest BCUT2D eigenvalue weighted by Gasteiger charge is -1.98. The van der Waals surface area contributed by atoms with Gasteiger partial charge < -0.3 is 10.3 Å². The first kappa shape index (κ1) is 12.8. The summed E-state index contributed by atoms with van der Waals surface area (Å²) in [6.45, 7) is 6.17. The lowest BCUT2D eigenvalue weighted by Crippen LogP contribution is -2.14. The van der Waals surface area contributed by atoms with Gasteiger partial charge in [0.15, 0.2) is 0 Å². The molecule has 0 aliphatic heterocycles. The van der Waals surface area contributed by atoms with Crippen LogP contribution in [0.5, 0.6) is 0 Å². The third-order valence-electron chi connectivity index (χ3n) is 2.95. The molecule has 0 amide bonds. The van der Waals surface area contributed by atoms with Crippen LogP contribution in [0, 0.1) is 0 Å². The van der Waals surface area contributed by atoms with Gasteiger partial charge in [-0.25, -0.2) is 4.98 Å². The number of aromatic nitrogens is 2. The first-order valence-electron chi connectivity index (χ1n) is 6.69. The second-order valence-electron chi connectivity index (χ2n) is 4.41. The van der Waals surface area contributed by atoms with Gasteiger partial charge in [-0.05, 0) is 19.4 Å². The van der Waals surface area contributed by atoms with E-state index in [4.69, 9.17) is 4.98 Å². The molecule has 96 valence electrons. The summed E-state index contributed by atoms with van der Waals surface area (Å²) in [6, 6.07) is 10.4. The number of hydrogen-bond acceptors (Lipinski definition) is 2. The molecule has 0 bridgehead atoms. The van der Waals surface area contributed by atoms with Gasteiger partial charge in [0.05, 0.1) is 12.2 Å². The molecular weight excluding hydrogens is 222 g/mol. The molecule has 0 unspecified atom stereocenters. The zero-order valence-electron chi connectivity index (χ0n) is 11.2. The Labute approximate surface area is 109 Å². The Balaban J connectivity index is 2.19. The Morgan fingerprint density at radius 2 is 1.94 bits per heavy atom. The summed E-state index contributed by atoms with van der Waals surface area (Å²) in [4.78, 5) is 8.12. The van der Waals surface area contributed by atoms with Crippen LogP contribution in [0.3, 0.4) is 0 Å². The van der Waals surface area contributed by atoms with Gasteiger partial charge in [0, 0.05) is 11.3 Å². The summed E-state index contributed by atoms with van der Waals surface area (Å²) in [5.74, 6) is 1.03. The van der Waals surface area contributed by atoms with Crippen LogP contribution < -0.4 is 5.32 Å². The minimum Gasteiger partial charge on any atom is -0.344 e. The van der Waals surface area contributed by atoms with E-state index in [1.165, 1.54) is 11.3 Å². The average molecular weight is 243 g/mol. The Morgan fingerprint density at radius 3 is 2.61 bits per heavy atom. The minimum atomic E-state index is 0.813. The smallest absolute Gasteiger partial charge is 0.121 e. The maximum atomic E-state index is 4.71. The van der Waals surface area contributed by atoms with E-state index in [0.29, 0.717) is 0 Å². The van der Waals surface area contributed by atoms with E-state index in [9.17, 15) is 0 Å². The summed E-state index contributed by atoms with van der Waals surface area (Å²) in [7, 11) is 0. The minimum absolute atomic E-state index is 0.813. The van der Waals surface area contributed by atoms with Crippen LogP contribution in [0.1, 0.15) is 31.8 Å². The van der Waals surface area contributed by atoms with Crippen molar-refractivity contribution in [2.75, 3.05) is 6.54 Å². The Bertz CT molecular complexity index is 474. The molecule has 1 aromatic carbocycles. The van der Waals surface area contributed by atoms with Crippen molar-refractivity contribution in [3.63, 3.8) is 0 Å². The Morgan fingerprint density at radius 1 is 1.17 bits per heavy atom. The lowest BCUT2D eigenvalue weighted by molar-refractivity contribution is 0.654. The summed E-state index contributed by atoms with van der Waals surface area (Å²) < 4.78 is 0. The van der Waals surface area contributed by atoms with Crippen LogP contribution in [0.2, 0.25) is 0 Å². The molecule has 0 saturated carbocycles. The third-order valence-corrected chi connectivity index (χ3v) is 2.95. The summed E-state index contributed by atoms with van der Waals surface area (Å²) >= 11 is 0. The van der Waals surface area contributed by atoms with Crippen LogP contribution in [0.25, 0.3) is 11.3 Å². The molecule has 2 aromatic rings. The van der Waals surface area contributed by atoms with Gasteiger partial charge >= 0.3 is 0 Å². The molecule has 0 spiro atoms. The molecule has 3 nitrogen and oxygen atoms in total. The predicted molar refractivity (Wildman–Crippen MR) is 75.4 cm³/mol. The molecule has 2 N–H and O–H groups in total. The molecule has 1 heterocycles. The number of aryl methyl sites for hydroxylation is 1. The van der Waals surface area contributed by atoms with Crippen molar-refractivity contribution in [3.05, 3.63) is 41.9 Å². The van der Waals surface area contributed by atoms with Gasteiger partial charge in [0.2, 0.25) is 0 Å². The standard InChI is InChI=1S/C15H21N3/c1-3-10-16-11-14-17-13(4-2)15(18-14)12-8-6-5-7-9-12/h5-9,16H,3-4,10-11H2,1-2H3,(H,17,18). The van der Waals surface area contributed by atoms with E-state index in [-0.39, 0.29) is 0 Å². The zero-order chi connectivity index (χ0) is 12.8. The molecule has 18 heavy (non-hydrogen) atoms. The lowest BCUT2D eigenvalue weighted by atomic mass is 10.1. The monoisotopic (exact) mass is 243 g/mol. The molecule has 0 aliphatic carbocycles. The molecule has 2 rings (SSSR count). The van der Waals surface area contributed by atoms with Gasteiger partial charge in [0.1, 0.15) is 5.82 Å². The van der Waals surface area contributed by atoms with E-state index in [1.807, 2.05) is 6.07 Å². The molecule has 3 heteroatoms. The van der Waals surface area contributed by atoms with Crippen molar-refractivity contribution in [1.29, 1.82) is 0 Å². The second-order valence-corrected chi connectivity index (χ2v) is 4.41. The Kier molecular flexibility index (Phi) is 4.53. The highest BCUT2D eigenvalue weighted by Crippen LogP contribution is 2.21. The molecular formula is C15H21N3. The number of hydrogen-bond donors (Lipinski definition) is 2. The van der Waals surface area contributed by atoms with Crippen LogP contribution in [-0.2, 0) is 13.0 Å². The van der Waals surface area contributed by atoms with E-state index in [1.54, 1.807) is 0 Å². The van der Waals surface area contributed by atoms with Crippen LogP contribution in [0.15, 0.2) is 30.3 Å². The van der Waals surface area contributed by atoms with E-state index >= 15 is 0 Å². The number of H-pyrrole nitrogens is 1. The highest BCUT2D eigenvalue weighted by atomic mass is 15.0. The van der Waals surface area contributed by atoms with Crippen molar-refractivity contribution < 1.29 is 0 Å². The molecule has 0 saturated heterocycles. The normalized spacial score (nSPS) is 10.8. The van der Waals surface area contributed by atoms with Gasteiger partial charge in [-0.15, -0.1) is 0 Å². The van der Waals surface area contributed by atoms with E-state index in [0.717, 1.165) is 37.4 Å². The van der Waals surface area contributed by atoms with E-state index in [2.05, 4.69) is 48.4 Å². The van der Waals surface area contributed by atoms with E-state index < -0.39 is 0 Å². The summed E-state index contributed by atoms with van der Waals surface area (Å²) in [5.41, 5.74) is 3.49. The predicted octanol–water partition coefficient (Wildman–Crippen LogP) is 3.14. The van der Waals surface area contributed by atoms with Gasteiger partial charge in [-0.2, -0.15) is 0 Å². The molecule has 1 aromatic heterocycles. The first-order valence-corrected chi connectivity index (χ1v) is 6.69. The fraction of sp³-hybridized carbons (Fsp3) is 0.400. The number of nitrogens with one attached hydrogen (secondary N) is 2. The van der Waals surface area contributed by atoms with Gasteiger partial charge in [-0.1, -0.05) is 44.2 Å². The van der Waals surface area contributed by atoms with Crippen molar-refractivity contribution >= 4 is 0 Å². The van der Waals surface area contributed by atoms with Crippen LogP contribution >= 0.6 is 0 Å². The average Bonchev–Trinajstić information content (AvgIpc) is 2.83. The maximum absolute atomic E-state index is 4.71. The number of aromatic amines is 1. The summed E-state index contributed by atoms with van der Waals surface area (Å²) in [5, 5.41) is 3.37. The number of imidazole rings is 1. The van der Waals surface area contributed by atoms with Crippen LogP contribution in [-0.4, -0.2) is 16.5 Å². The van der Waals surface area contributed by atoms with Crippen molar-refractivity contribution in [3.8, 4) is 11.3 Å². The maximum Gasteiger partial charge on any atom is 0.121 e. The van der Waals surface area contributed by atoms with Crippen molar-refractivity contribution in [2.45, 2.75) is 33.2 Å². The molecule has 0 radical (unpaired) electrons. The Hall–Kier alpha value is -1.61. The van der Waals surface area contributed by atoms with Crippen molar-refractivity contribution in [1.82, 2.24) is 15.3 Å². The fourth-order valence-corrected chi connectivity index (χ4v) is 2.02. The highest BCUT2D eigenvalue weighted by molar-refractivity contribution is 5.61. The van der Waals surface area contributed by atoms with Gasteiger partial charge in [-0.3, -0.25) is 0 Å². The first-order chi connectivity index (χ1) is 8.85. The SMILES string of the molecule is CCCNCc1nc(-c2ccccc2)c(CC)[nH]1. The number of rotatable bonds is 6. The molecule has 0 atom stereocenters. The zero-order valence-corrected chi connectivity index (χ0v) is 11.2. The number of nitrogens with zero attached hydrogens (tertiary/aromatic N) is 1.